The fraction of sp³-hybridized carbons (Fsp3) is 0.0571. The van der Waals surface area contributed by atoms with Crippen LogP contribution >= 0.6 is 0 Å². The smallest absolute Gasteiger partial charge is 0.160 e. The Morgan fingerprint density at radius 2 is 1.10 bits per heavy atom. The van der Waals surface area contributed by atoms with Crippen LogP contribution in [0.3, 0.4) is 0 Å². The van der Waals surface area contributed by atoms with Gasteiger partial charge in [0.25, 0.3) is 0 Å². The molecule has 7 rings (SSSR count). The highest BCUT2D eigenvalue weighted by Crippen LogP contribution is 2.37. The number of rotatable bonds is 4. The molecule has 0 spiro atoms. The first-order chi connectivity index (χ1) is 19.2. The number of fused-ring (bicyclic) bond motifs is 3. The maximum absolute atomic E-state index is 5.17. The van der Waals surface area contributed by atoms with Crippen LogP contribution in [0.15, 0.2) is 132 Å². The zero-order valence-electron chi connectivity index (χ0n) is 21.6. The van der Waals surface area contributed by atoms with E-state index in [1.807, 2.05) is 18.2 Å². The highest BCUT2D eigenvalue weighted by Gasteiger charge is 2.23. The van der Waals surface area contributed by atoms with E-state index in [0.717, 1.165) is 62.7 Å². The molecule has 0 unspecified atom stereocenters. The fourth-order valence-corrected chi connectivity index (χ4v) is 5.27. The second-order valence-electron chi connectivity index (χ2n) is 9.82. The molecule has 4 heteroatoms. The Balaban J connectivity index is 1.41. The summed E-state index contributed by atoms with van der Waals surface area (Å²) >= 11 is 0. The van der Waals surface area contributed by atoms with Crippen LogP contribution in [0.1, 0.15) is 11.1 Å². The molecule has 0 amide bonds. The van der Waals surface area contributed by atoms with Crippen molar-refractivity contribution in [3.8, 4) is 33.8 Å². The maximum Gasteiger partial charge on any atom is 0.160 e. The third-order valence-corrected chi connectivity index (χ3v) is 7.26. The molecule has 1 aromatic heterocycles. The summed E-state index contributed by atoms with van der Waals surface area (Å²) in [6.07, 6.45) is 0. The number of aliphatic imine (C=N–C) groups is 1. The summed E-state index contributed by atoms with van der Waals surface area (Å²) in [6.45, 7) is 0.720. The molecule has 39 heavy (non-hydrogen) atoms. The van der Waals surface area contributed by atoms with Gasteiger partial charge in [0.05, 0.1) is 16.9 Å². The van der Waals surface area contributed by atoms with Crippen LogP contribution in [0.2, 0.25) is 0 Å². The molecule has 1 aliphatic heterocycles. The molecule has 0 saturated carbocycles. The number of hydrogen-bond acceptors (Lipinski definition) is 4. The van der Waals surface area contributed by atoms with Gasteiger partial charge in [0.1, 0.15) is 5.84 Å². The van der Waals surface area contributed by atoms with Gasteiger partial charge in [-0.2, -0.15) is 0 Å². The summed E-state index contributed by atoms with van der Waals surface area (Å²) in [7, 11) is 2.09. The Bertz CT molecular complexity index is 1810. The zero-order chi connectivity index (χ0) is 26.2. The zero-order valence-corrected chi connectivity index (χ0v) is 21.6. The average molecular weight is 503 g/mol. The van der Waals surface area contributed by atoms with Crippen molar-refractivity contribution in [2.45, 2.75) is 6.54 Å². The Kier molecular flexibility index (Phi) is 5.71. The monoisotopic (exact) mass is 502 g/mol. The fourth-order valence-electron chi connectivity index (χ4n) is 5.27. The van der Waals surface area contributed by atoms with E-state index >= 15 is 0 Å². The minimum absolute atomic E-state index is 0.717. The van der Waals surface area contributed by atoms with Gasteiger partial charge in [0.2, 0.25) is 0 Å². The first-order valence-corrected chi connectivity index (χ1v) is 13.1. The summed E-state index contributed by atoms with van der Waals surface area (Å²) in [4.78, 5) is 17.6. The lowest BCUT2D eigenvalue weighted by molar-refractivity contribution is 0.496. The van der Waals surface area contributed by atoms with Crippen LogP contribution in [-0.4, -0.2) is 27.8 Å². The highest BCUT2D eigenvalue weighted by molar-refractivity contribution is 6.04. The highest BCUT2D eigenvalue weighted by atomic mass is 15.2. The predicted molar refractivity (Wildman–Crippen MR) is 160 cm³/mol. The summed E-state index contributed by atoms with van der Waals surface area (Å²) in [6, 6.07) is 43.9. The molecular formula is C35H26N4. The van der Waals surface area contributed by atoms with Crippen LogP contribution in [0.5, 0.6) is 0 Å². The maximum atomic E-state index is 5.17. The molecular weight excluding hydrogens is 476 g/mol. The van der Waals surface area contributed by atoms with E-state index in [1.165, 1.54) is 11.1 Å². The van der Waals surface area contributed by atoms with Crippen molar-refractivity contribution in [2.24, 2.45) is 4.99 Å². The lowest BCUT2D eigenvalue weighted by Crippen LogP contribution is -2.29. The first kappa shape index (κ1) is 23.1. The molecule has 0 saturated heterocycles. The van der Waals surface area contributed by atoms with Crippen molar-refractivity contribution in [1.29, 1.82) is 0 Å². The summed E-state index contributed by atoms with van der Waals surface area (Å²) in [5, 5.41) is 1.04. The largest absolute Gasteiger partial charge is 0.355 e. The lowest BCUT2D eigenvalue weighted by Gasteiger charge is -2.28. The van der Waals surface area contributed by atoms with Gasteiger partial charge >= 0.3 is 0 Å². The molecule has 1 aliphatic rings. The standard InChI is InChI=1S/C35H26N4/c1-39-23-30-31(36-35(39)28-15-9-4-10-16-28)22-21-29-32(26-13-7-3-8-14-26)37-34(38-33(29)30)27-19-17-25(18-20-27)24-11-5-2-6-12-24/h2-22H,23H2,1H3. The van der Waals surface area contributed by atoms with Crippen molar-refractivity contribution in [2.75, 3.05) is 7.05 Å². The minimum atomic E-state index is 0.717. The van der Waals surface area contributed by atoms with Crippen LogP contribution in [0.4, 0.5) is 5.69 Å². The van der Waals surface area contributed by atoms with Crippen molar-refractivity contribution in [1.82, 2.24) is 14.9 Å². The number of benzene rings is 5. The Labute approximate surface area is 228 Å². The van der Waals surface area contributed by atoms with Gasteiger partial charge in [-0.25, -0.2) is 15.0 Å². The second-order valence-corrected chi connectivity index (χ2v) is 9.82. The Hall–Kier alpha value is -5.09. The van der Waals surface area contributed by atoms with E-state index in [4.69, 9.17) is 15.0 Å². The Morgan fingerprint density at radius 1 is 0.538 bits per heavy atom. The van der Waals surface area contributed by atoms with Gasteiger partial charge in [-0.15, -0.1) is 0 Å². The molecule has 6 aromatic rings. The van der Waals surface area contributed by atoms with Crippen molar-refractivity contribution in [3.05, 3.63) is 139 Å². The van der Waals surface area contributed by atoms with Crippen LogP contribution in [0.25, 0.3) is 44.7 Å². The molecule has 0 bridgehead atoms. The SMILES string of the molecule is CN1Cc2c(ccc3c(-c4ccccc4)nc(-c4ccc(-c5ccccc5)cc4)nc23)N=C1c1ccccc1. The van der Waals surface area contributed by atoms with Crippen LogP contribution < -0.4 is 0 Å². The van der Waals surface area contributed by atoms with Gasteiger partial charge in [-0.05, 0) is 23.3 Å². The number of nitrogens with zero attached hydrogens (tertiary/aromatic N) is 4. The molecule has 0 fully saturated rings. The third-order valence-electron chi connectivity index (χ3n) is 7.26. The minimum Gasteiger partial charge on any atom is -0.355 e. The summed E-state index contributed by atoms with van der Waals surface area (Å²) < 4.78 is 0. The number of aromatic nitrogens is 2. The van der Waals surface area contributed by atoms with E-state index in [-0.39, 0.29) is 0 Å². The van der Waals surface area contributed by atoms with Crippen molar-refractivity contribution < 1.29 is 0 Å². The molecule has 0 radical (unpaired) electrons. The van der Waals surface area contributed by atoms with Crippen LogP contribution in [0, 0.1) is 0 Å². The molecule has 186 valence electrons. The molecule has 5 aromatic carbocycles. The third kappa shape index (κ3) is 4.26. The van der Waals surface area contributed by atoms with Gasteiger partial charge < -0.3 is 4.90 Å². The van der Waals surface area contributed by atoms with E-state index in [9.17, 15) is 0 Å². The summed E-state index contributed by atoms with van der Waals surface area (Å²) in [5.41, 5.74) is 9.50. The molecule has 0 atom stereocenters. The van der Waals surface area contributed by atoms with Gasteiger partial charge in [-0.3, -0.25) is 0 Å². The first-order valence-electron chi connectivity index (χ1n) is 13.1. The molecule has 2 heterocycles. The van der Waals surface area contributed by atoms with E-state index in [2.05, 4.69) is 121 Å². The molecule has 4 nitrogen and oxygen atoms in total. The van der Waals surface area contributed by atoms with Gasteiger partial charge in [0.15, 0.2) is 5.82 Å². The van der Waals surface area contributed by atoms with Gasteiger partial charge in [0, 0.05) is 41.2 Å². The average Bonchev–Trinajstić information content (AvgIpc) is 3.01. The van der Waals surface area contributed by atoms with E-state index in [1.54, 1.807) is 0 Å². The normalized spacial score (nSPS) is 12.7. The Morgan fingerprint density at radius 3 is 1.77 bits per heavy atom. The summed E-state index contributed by atoms with van der Waals surface area (Å²) in [5.74, 6) is 1.69. The number of hydrogen-bond donors (Lipinski definition) is 0. The predicted octanol–water partition coefficient (Wildman–Crippen LogP) is 8.15. The van der Waals surface area contributed by atoms with E-state index < -0.39 is 0 Å². The second kappa shape index (κ2) is 9.66. The molecule has 0 N–H and O–H groups in total. The van der Waals surface area contributed by atoms with E-state index in [0.29, 0.717) is 0 Å². The molecule has 0 aliphatic carbocycles. The van der Waals surface area contributed by atoms with Crippen LogP contribution in [-0.2, 0) is 6.54 Å². The van der Waals surface area contributed by atoms with Gasteiger partial charge in [-0.1, -0.05) is 115 Å². The quantitative estimate of drug-likeness (QED) is 0.244. The van der Waals surface area contributed by atoms with Crippen molar-refractivity contribution in [3.63, 3.8) is 0 Å². The topological polar surface area (TPSA) is 41.4 Å². The van der Waals surface area contributed by atoms with Crippen molar-refractivity contribution >= 4 is 22.4 Å². The lowest BCUT2D eigenvalue weighted by atomic mass is 9.99. The number of amidine groups is 1.